The Bertz CT molecular complexity index is 551. The van der Waals surface area contributed by atoms with Crippen LogP contribution in [-0.4, -0.2) is 30.4 Å². The van der Waals surface area contributed by atoms with Crippen molar-refractivity contribution in [1.29, 1.82) is 0 Å². The maximum Gasteiger partial charge on any atom is 0.239 e. The summed E-state index contributed by atoms with van der Waals surface area (Å²) in [6.07, 6.45) is 4.25. The number of halogens is 1. The largest absolute Gasteiger partial charge is 0.352 e. The van der Waals surface area contributed by atoms with E-state index in [0.29, 0.717) is 5.92 Å². The highest BCUT2D eigenvalue weighted by Gasteiger charge is 2.28. The van der Waals surface area contributed by atoms with Crippen LogP contribution in [0.1, 0.15) is 38.7 Å². The molecule has 140 valence electrons. The van der Waals surface area contributed by atoms with Crippen molar-refractivity contribution in [2.24, 2.45) is 17.6 Å². The zero-order valence-electron chi connectivity index (χ0n) is 15.0. The minimum atomic E-state index is -0.574. The molecule has 25 heavy (non-hydrogen) atoms. The Morgan fingerprint density at radius 3 is 2.52 bits per heavy atom. The van der Waals surface area contributed by atoms with Crippen molar-refractivity contribution >= 4 is 24.2 Å². The van der Waals surface area contributed by atoms with Gasteiger partial charge in [-0.15, -0.1) is 12.4 Å². The molecule has 5 nitrogen and oxygen atoms in total. The molecular weight excluding hydrogens is 338 g/mol. The van der Waals surface area contributed by atoms with Gasteiger partial charge in [-0.3, -0.25) is 9.59 Å². The van der Waals surface area contributed by atoms with E-state index in [2.05, 4.69) is 22.8 Å². The lowest BCUT2D eigenvalue weighted by Gasteiger charge is -2.22. The zero-order valence-corrected chi connectivity index (χ0v) is 15.9. The molecule has 2 rings (SSSR count). The molecule has 1 aromatic carbocycles. The molecule has 1 aromatic rings. The summed E-state index contributed by atoms with van der Waals surface area (Å²) in [4.78, 5) is 23.9. The van der Waals surface area contributed by atoms with Crippen LogP contribution in [0.5, 0.6) is 0 Å². The van der Waals surface area contributed by atoms with Crippen LogP contribution in [0.15, 0.2) is 30.3 Å². The van der Waals surface area contributed by atoms with Crippen LogP contribution in [0.4, 0.5) is 0 Å². The van der Waals surface area contributed by atoms with Crippen molar-refractivity contribution in [2.45, 2.75) is 51.6 Å². The zero-order chi connectivity index (χ0) is 17.5. The Balaban J connectivity index is 0.00000312. The number of hydrogen-bond acceptors (Lipinski definition) is 3. The van der Waals surface area contributed by atoms with Gasteiger partial charge in [0.05, 0.1) is 12.6 Å². The van der Waals surface area contributed by atoms with Crippen LogP contribution in [0.3, 0.4) is 0 Å². The molecule has 0 spiro atoms. The standard InChI is InChI=1S/C19H29N3O2.ClH/c1-13(2)18(20)19(24)21-12-17(23)22-16-10-6-9-15(16)11-14-7-4-3-5-8-14;/h3-5,7-8,13,15-16,18H,6,9-12,20H2,1-2H3,(H,21,24)(H,22,23);1H/t15?,16?,18-;/m0./s1. The van der Waals surface area contributed by atoms with Gasteiger partial charge in [0.15, 0.2) is 0 Å². The molecule has 3 atom stereocenters. The predicted octanol–water partition coefficient (Wildman–Crippen LogP) is 2.04. The molecule has 0 radical (unpaired) electrons. The van der Waals surface area contributed by atoms with Gasteiger partial charge in [0, 0.05) is 6.04 Å². The summed E-state index contributed by atoms with van der Waals surface area (Å²) < 4.78 is 0. The Hall–Kier alpha value is -1.59. The van der Waals surface area contributed by atoms with Crippen molar-refractivity contribution < 1.29 is 9.59 Å². The van der Waals surface area contributed by atoms with Crippen molar-refractivity contribution in [3.05, 3.63) is 35.9 Å². The number of rotatable bonds is 7. The van der Waals surface area contributed by atoms with E-state index in [-0.39, 0.29) is 42.7 Å². The van der Waals surface area contributed by atoms with Crippen LogP contribution in [0, 0.1) is 11.8 Å². The van der Waals surface area contributed by atoms with E-state index in [1.54, 1.807) is 0 Å². The van der Waals surface area contributed by atoms with Crippen molar-refractivity contribution in [1.82, 2.24) is 10.6 Å². The third kappa shape index (κ3) is 6.67. The van der Waals surface area contributed by atoms with E-state index < -0.39 is 6.04 Å². The lowest BCUT2D eigenvalue weighted by Crippen LogP contribution is -2.49. The van der Waals surface area contributed by atoms with Gasteiger partial charge in [-0.25, -0.2) is 0 Å². The van der Waals surface area contributed by atoms with Crippen LogP contribution >= 0.6 is 12.4 Å². The first-order chi connectivity index (χ1) is 11.5. The molecule has 1 aliphatic carbocycles. The van der Waals surface area contributed by atoms with E-state index in [1.807, 2.05) is 32.0 Å². The number of nitrogens with two attached hydrogens (primary N) is 1. The summed E-state index contributed by atoms with van der Waals surface area (Å²) in [6, 6.07) is 9.98. The van der Waals surface area contributed by atoms with Gasteiger partial charge in [0.1, 0.15) is 0 Å². The third-order valence-electron chi connectivity index (χ3n) is 4.79. The maximum absolute atomic E-state index is 12.1. The summed E-state index contributed by atoms with van der Waals surface area (Å²) in [5.41, 5.74) is 7.08. The normalized spacial score (nSPS) is 20.6. The number of nitrogens with one attached hydrogen (secondary N) is 2. The third-order valence-corrected chi connectivity index (χ3v) is 4.79. The average Bonchev–Trinajstić information content (AvgIpc) is 2.99. The summed E-state index contributed by atoms with van der Waals surface area (Å²) in [7, 11) is 0. The average molecular weight is 368 g/mol. The van der Waals surface area contributed by atoms with Crippen LogP contribution in [0.2, 0.25) is 0 Å². The second-order valence-corrected chi connectivity index (χ2v) is 7.04. The SMILES string of the molecule is CC(C)[C@H](N)C(=O)NCC(=O)NC1CCCC1Cc1ccccc1.Cl. The first-order valence-corrected chi connectivity index (χ1v) is 8.84. The van der Waals surface area contributed by atoms with Crippen LogP contribution < -0.4 is 16.4 Å². The molecule has 6 heteroatoms. The second kappa shape index (κ2) is 10.4. The highest BCUT2D eigenvalue weighted by molar-refractivity contribution is 5.87. The lowest BCUT2D eigenvalue weighted by molar-refractivity contribution is -0.127. The number of benzene rings is 1. The van der Waals surface area contributed by atoms with Crippen LogP contribution in [0.25, 0.3) is 0 Å². The lowest BCUT2D eigenvalue weighted by atomic mass is 9.94. The van der Waals surface area contributed by atoms with Crippen molar-refractivity contribution in [3.63, 3.8) is 0 Å². The minimum absolute atomic E-state index is 0. The van der Waals surface area contributed by atoms with Gasteiger partial charge in [-0.05, 0) is 36.7 Å². The smallest absolute Gasteiger partial charge is 0.239 e. The van der Waals surface area contributed by atoms with Crippen LogP contribution in [-0.2, 0) is 16.0 Å². The molecule has 0 heterocycles. The maximum atomic E-state index is 12.1. The highest BCUT2D eigenvalue weighted by atomic mass is 35.5. The summed E-state index contributed by atoms with van der Waals surface area (Å²) >= 11 is 0. The van der Waals surface area contributed by atoms with Gasteiger partial charge >= 0.3 is 0 Å². The molecule has 0 saturated heterocycles. The fourth-order valence-electron chi connectivity index (χ4n) is 3.23. The highest BCUT2D eigenvalue weighted by Crippen LogP contribution is 2.28. The molecule has 1 fully saturated rings. The Labute approximate surface area is 156 Å². The van der Waals surface area contributed by atoms with Gasteiger partial charge in [0.2, 0.25) is 11.8 Å². The van der Waals surface area contributed by atoms with Gasteiger partial charge < -0.3 is 16.4 Å². The molecule has 0 bridgehead atoms. The molecule has 1 saturated carbocycles. The van der Waals surface area contributed by atoms with Crippen molar-refractivity contribution in [2.75, 3.05) is 6.54 Å². The van der Waals surface area contributed by atoms with Gasteiger partial charge in [-0.1, -0.05) is 50.6 Å². The Kier molecular flexibility index (Phi) is 8.93. The van der Waals surface area contributed by atoms with E-state index in [4.69, 9.17) is 5.73 Å². The van der Waals surface area contributed by atoms with Crippen molar-refractivity contribution in [3.8, 4) is 0 Å². The minimum Gasteiger partial charge on any atom is -0.352 e. The topological polar surface area (TPSA) is 84.2 Å². The Morgan fingerprint density at radius 2 is 1.88 bits per heavy atom. The molecule has 2 unspecified atom stereocenters. The fourth-order valence-corrected chi connectivity index (χ4v) is 3.23. The first kappa shape index (κ1) is 21.5. The molecular formula is C19H30ClN3O2. The van der Waals surface area contributed by atoms with Gasteiger partial charge in [0.25, 0.3) is 0 Å². The molecule has 4 N–H and O–H groups in total. The predicted molar refractivity (Wildman–Crippen MR) is 102 cm³/mol. The summed E-state index contributed by atoms with van der Waals surface area (Å²) in [5, 5.41) is 5.70. The Morgan fingerprint density at radius 1 is 1.20 bits per heavy atom. The molecule has 0 aromatic heterocycles. The quantitative estimate of drug-likeness (QED) is 0.689. The molecule has 2 amide bonds. The number of carbonyl (C=O) groups excluding carboxylic acids is 2. The summed E-state index contributed by atoms with van der Waals surface area (Å²) in [6.45, 7) is 3.77. The fraction of sp³-hybridized carbons (Fsp3) is 0.579. The number of hydrogen-bond donors (Lipinski definition) is 3. The first-order valence-electron chi connectivity index (χ1n) is 8.84. The second-order valence-electron chi connectivity index (χ2n) is 7.04. The van der Waals surface area contributed by atoms with Gasteiger partial charge in [-0.2, -0.15) is 0 Å². The number of amides is 2. The van der Waals surface area contributed by atoms with E-state index in [1.165, 1.54) is 5.56 Å². The summed E-state index contributed by atoms with van der Waals surface area (Å²) in [5.74, 6) is 0.111. The monoisotopic (exact) mass is 367 g/mol. The van der Waals surface area contributed by atoms with E-state index >= 15 is 0 Å². The van der Waals surface area contributed by atoms with E-state index in [9.17, 15) is 9.59 Å². The molecule has 1 aliphatic rings. The molecule has 0 aliphatic heterocycles. The number of carbonyl (C=O) groups is 2. The van der Waals surface area contributed by atoms with E-state index in [0.717, 1.165) is 25.7 Å².